The van der Waals surface area contributed by atoms with E-state index in [1.165, 1.54) is 6.07 Å². The number of halogens is 2. The Kier molecular flexibility index (Phi) is 6.90. The van der Waals surface area contributed by atoms with E-state index >= 15 is 0 Å². The maximum atomic E-state index is 13.5. The van der Waals surface area contributed by atoms with Crippen LogP contribution in [0.2, 0.25) is 0 Å². The van der Waals surface area contributed by atoms with Gasteiger partial charge in [-0.15, -0.1) is 11.6 Å². The van der Waals surface area contributed by atoms with Gasteiger partial charge in [-0.2, -0.15) is 11.8 Å². The fourth-order valence-corrected chi connectivity index (χ4v) is 2.68. The van der Waals surface area contributed by atoms with Crippen LogP contribution in [0.4, 0.5) is 4.39 Å². The van der Waals surface area contributed by atoms with Gasteiger partial charge in [-0.3, -0.25) is 0 Å². The van der Waals surface area contributed by atoms with Crippen molar-refractivity contribution in [3.05, 3.63) is 35.6 Å². The van der Waals surface area contributed by atoms with Gasteiger partial charge in [-0.25, -0.2) is 4.39 Å². The molecule has 0 N–H and O–H groups in total. The van der Waals surface area contributed by atoms with Crippen LogP contribution in [-0.4, -0.2) is 17.4 Å². The minimum atomic E-state index is -0.128. The molecule has 3 heteroatoms. The molecular formula is C13H18ClFS. The molecule has 90 valence electrons. The zero-order valence-corrected chi connectivity index (χ0v) is 11.2. The van der Waals surface area contributed by atoms with Gasteiger partial charge in [0.2, 0.25) is 0 Å². The fourth-order valence-electron chi connectivity index (χ4n) is 1.70. The first kappa shape index (κ1) is 13.9. The molecule has 0 aliphatic carbocycles. The molecule has 0 bridgehead atoms. The van der Waals surface area contributed by atoms with Crippen LogP contribution in [0.1, 0.15) is 31.2 Å². The standard InChI is InChI=1S/C13H18ClFS/c1-2-16-9-5-6-11(10-14)12-7-3-4-8-13(12)15/h3-4,7-8,11H,2,5-6,9-10H2,1H3. The average Bonchev–Trinajstić information content (AvgIpc) is 2.31. The van der Waals surface area contributed by atoms with E-state index in [1.807, 2.05) is 23.9 Å². The SMILES string of the molecule is CCSCCCC(CCl)c1ccccc1F. The van der Waals surface area contributed by atoms with E-state index in [0.29, 0.717) is 5.88 Å². The van der Waals surface area contributed by atoms with Crippen LogP contribution in [0.5, 0.6) is 0 Å². The van der Waals surface area contributed by atoms with Gasteiger partial charge in [-0.1, -0.05) is 25.1 Å². The molecule has 0 nitrogen and oxygen atoms in total. The van der Waals surface area contributed by atoms with Crippen molar-refractivity contribution in [3.63, 3.8) is 0 Å². The molecule has 0 radical (unpaired) electrons. The molecular weight excluding hydrogens is 243 g/mol. The molecule has 1 rings (SSSR count). The van der Waals surface area contributed by atoms with Crippen molar-refractivity contribution in [2.75, 3.05) is 17.4 Å². The highest BCUT2D eigenvalue weighted by Gasteiger charge is 2.13. The van der Waals surface area contributed by atoms with Gasteiger partial charge >= 0.3 is 0 Å². The smallest absolute Gasteiger partial charge is 0.126 e. The Labute approximate surface area is 107 Å². The molecule has 1 atom stereocenters. The highest BCUT2D eigenvalue weighted by molar-refractivity contribution is 7.99. The zero-order valence-electron chi connectivity index (χ0n) is 9.59. The number of benzene rings is 1. The predicted octanol–water partition coefficient (Wildman–Crippen LogP) is 4.68. The minimum Gasteiger partial charge on any atom is -0.207 e. The van der Waals surface area contributed by atoms with Crippen LogP contribution in [0.15, 0.2) is 24.3 Å². The molecule has 0 aliphatic rings. The van der Waals surface area contributed by atoms with E-state index in [9.17, 15) is 4.39 Å². The first-order valence-electron chi connectivity index (χ1n) is 5.67. The summed E-state index contributed by atoms with van der Waals surface area (Å²) in [5.74, 6) is 2.80. The Morgan fingerprint density at radius 1 is 1.38 bits per heavy atom. The molecule has 1 aromatic carbocycles. The van der Waals surface area contributed by atoms with E-state index in [4.69, 9.17) is 11.6 Å². The summed E-state index contributed by atoms with van der Waals surface area (Å²) in [6.45, 7) is 2.15. The fraction of sp³-hybridized carbons (Fsp3) is 0.538. The number of thioether (sulfide) groups is 1. The van der Waals surface area contributed by atoms with E-state index in [0.717, 1.165) is 29.9 Å². The summed E-state index contributed by atoms with van der Waals surface area (Å²) in [6, 6.07) is 6.95. The van der Waals surface area contributed by atoms with Crippen LogP contribution in [-0.2, 0) is 0 Å². The molecule has 0 spiro atoms. The Morgan fingerprint density at radius 2 is 2.12 bits per heavy atom. The molecule has 0 fully saturated rings. The Balaban J connectivity index is 2.51. The quantitative estimate of drug-likeness (QED) is 0.507. The van der Waals surface area contributed by atoms with Gasteiger partial charge in [0.1, 0.15) is 5.82 Å². The molecule has 0 saturated carbocycles. The third-order valence-corrected chi connectivity index (χ3v) is 3.93. The van der Waals surface area contributed by atoms with Crippen LogP contribution < -0.4 is 0 Å². The van der Waals surface area contributed by atoms with Crippen molar-refractivity contribution in [2.45, 2.75) is 25.7 Å². The lowest BCUT2D eigenvalue weighted by atomic mass is 9.96. The summed E-state index contributed by atoms with van der Waals surface area (Å²) in [5.41, 5.74) is 0.763. The molecule has 0 aromatic heterocycles. The third kappa shape index (κ3) is 4.34. The summed E-state index contributed by atoms with van der Waals surface area (Å²) in [4.78, 5) is 0. The lowest BCUT2D eigenvalue weighted by molar-refractivity contribution is 0.574. The van der Waals surface area contributed by atoms with Gasteiger partial charge in [0, 0.05) is 11.8 Å². The summed E-state index contributed by atoms with van der Waals surface area (Å²) in [7, 11) is 0. The highest BCUT2D eigenvalue weighted by Crippen LogP contribution is 2.25. The molecule has 1 unspecified atom stereocenters. The van der Waals surface area contributed by atoms with E-state index in [1.54, 1.807) is 6.07 Å². The van der Waals surface area contributed by atoms with Crippen LogP contribution in [0.25, 0.3) is 0 Å². The van der Waals surface area contributed by atoms with Crippen LogP contribution in [0, 0.1) is 5.82 Å². The van der Waals surface area contributed by atoms with E-state index < -0.39 is 0 Å². The molecule has 16 heavy (non-hydrogen) atoms. The summed E-state index contributed by atoms with van der Waals surface area (Å²) in [5, 5.41) is 0. The maximum Gasteiger partial charge on any atom is 0.126 e. The Morgan fingerprint density at radius 3 is 2.75 bits per heavy atom. The van der Waals surface area contributed by atoms with Crippen molar-refractivity contribution in [3.8, 4) is 0 Å². The van der Waals surface area contributed by atoms with E-state index in [-0.39, 0.29) is 11.7 Å². The van der Waals surface area contributed by atoms with E-state index in [2.05, 4.69) is 6.92 Å². The minimum absolute atomic E-state index is 0.128. The number of hydrogen-bond donors (Lipinski definition) is 0. The number of alkyl halides is 1. The third-order valence-electron chi connectivity index (χ3n) is 2.58. The number of rotatable bonds is 7. The van der Waals surface area contributed by atoms with Crippen molar-refractivity contribution >= 4 is 23.4 Å². The first-order valence-corrected chi connectivity index (χ1v) is 7.36. The second-order valence-electron chi connectivity index (χ2n) is 3.71. The largest absolute Gasteiger partial charge is 0.207 e. The lowest BCUT2D eigenvalue weighted by Crippen LogP contribution is -2.04. The van der Waals surface area contributed by atoms with Crippen LogP contribution >= 0.6 is 23.4 Å². The number of hydrogen-bond acceptors (Lipinski definition) is 1. The van der Waals surface area contributed by atoms with Crippen molar-refractivity contribution in [2.24, 2.45) is 0 Å². The first-order chi connectivity index (χ1) is 7.79. The molecule has 0 heterocycles. The summed E-state index contributed by atoms with van der Waals surface area (Å²) >= 11 is 7.84. The second-order valence-corrected chi connectivity index (χ2v) is 5.41. The Hall–Kier alpha value is -0.210. The van der Waals surface area contributed by atoms with Gasteiger partial charge in [0.25, 0.3) is 0 Å². The molecule has 1 aromatic rings. The van der Waals surface area contributed by atoms with Crippen molar-refractivity contribution in [1.29, 1.82) is 0 Å². The summed E-state index contributed by atoms with van der Waals surface area (Å²) < 4.78 is 13.5. The molecule has 0 aliphatic heterocycles. The second kappa shape index (κ2) is 7.97. The lowest BCUT2D eigenvalue weighted by Gasteiger charge is -2.14. The predicted molar refractivity (Wildman–Crippen MR) is 72.1 cm³/mol. The van der Waals surface area contributed by atoms with Gasteiger partial charge in [-0.05, 0) is 36.0 Å². The normalized spacial score (nSPS) is 12.7. The average molecular weight is 261 g/mol. The summed E-state index contributed by atoms with van der Waals surface area (Å²) in [6.07, 6.45) is 2.07. The highest BCUT2D eigenvalue weighted by atomic mass is 35.5. The van der Waals surface area contributed by atoms with Gasteiger partial charge < -0.3 is 0 Å². The maximum absolute atomic E-state index is 13.5. The topological polar surface area (TPSA) is 0 Å². The van der Waals surface area contributed by atoms with Crippen LogP contribution in [0.3, 0.4) is 0 Å². The van der Waals surface area contributed by atoms with Gasteiger partial charge in [0.15, 0.2) is 0 Å². The van der Waals surface area contributed by atoms with Gasteiger partial charge in [0.05, 0.1) is 0 Å². The Bertz CT molecular complexity index is 304. The van der Waals surface area contributed by atoms with Crippen molar-refractivity contribution < 1.29 is 4.39 Å². The molecule has 0 amide bonds. The monoisotopic (exact) mass is 260 g/mol. The molecule has 0 saturated heterocycles. The zero-order chi connectivity index (χ0) is 11.8. The van der Waals surface area contributed by atoms with Crippen molar-refractivity contribution in [1.82, 2.24) is 0 Å².